The number of carbonyl (C=O) groups excluding carboxylic acids is 3. The highest BCUT2D eigenvalue weighted by molar-refractivity contribution is 5.98. The van der Waals surface area contributed by atoms with Crippen LogP contribution < -0.4 is 4.74 Å². The number of fused-ring (bicyclic) bond motifs is 1. The van der Waals surface area contributed by atoms with Gasteiger partial charge >= 0.3 is 6.09 Å². The lowest BCUT2D eigenvalue weighted by Crippen LogP contribution is -2.52. The zero-order chi connectivity index (χ0) is 21.7. The Kier molecular flexibility index (Phi) is 6.71. The molecular weight excluding hydrogens is 388 g/mol. The lowest BCUT2D eigenvalue weighted by molar-refractivity contribution is -0.133. The van der Waals surface area contributed by atoms with Crippen molar-refractivity contribution >= 4 is 28.8 Å². The second kappa shape index (κ2) is 9.43. The second-order valence-electron chi connectivity index (χ2n) is 6.95. The number of rotatable bonds is 5. The van der Waals surface area contributed by atoms with Crippen molar-refractivity contribution in [1.82, 2.24) is 19.7 Å². The third kappa shape index (κ3) is 4.61. The minimum absolute atomic E-state index is 0.0743. The summed E-state index contributed by atoms with van der Waals surface area (Å²) in [6.45, 7) is 3.62. The van der Waals surface area contributed by atoms with Crippen LogP contribution >= 0.6 is 0 Å². The summed E-state index contributed by atoms with van der Waals surface area (Å²) in [5, 5.41) is 0.815. The first-order valence-corrected chi connectivity index (χ1v) is 9.83. The Hall–Kier alpha value is -3.36. The van der Waals surface area contributed by atoms with Crippen LogP contribution in [-0.4, -0.2) is 91.1 Å². The van der Waals surface area contributed by atoms with E-state index < -0.39 is 0 Å². The molecular formula is C21H26N4O5. The molecule has 1 saturated heterocycles. The van der Waals surface area contributed by atoms with E-state index in [1.807, 2.05) is 24.3 Å². The monoisotopic (exact) mass is 414 g/mol. The molecule has 1 aromatic carbocycles. The molecule has 1 aromatic heterocycles. The number of ether oxygens (including phenoxy) is 2. The smallest absolute Gasteiger partial charge is 0.409 e. The minimum atomic E-state index is -0.367. The molecule has 9 nitrogen and oxygen atoms in total. The average Bonchev–Trinajstić information content (AvgIpc) is 2.77. The van der Waals surface area contributed by atoms with Gasteiger partial charge < -0.3 is 24.2 Å². The molecule has 2 heterocycles. The molecule has 9 heteroatoms. The van der Waals surface area contributed by atoms with Gasteiger partial charge in [-0.05, 0) is 19.1 Å². The van der Waals surface area contributed by atoms with Crippen molar-refractivity contribution < 1.29 is 23.9 Å². The van der Waals surface area contributed by atoms with Crippen LogP contribution in [0.5, 0.6) is 5.75 Å². The third-order valence-corrected chi connectivity index (χ3v) is 4.99. The van der Waals surface area contributed by atoms with E-state index in [2.05, 4.69) is 4.98 Å². The molecule has 3 rings (SSSR count). The Labute approximate surface area is 175 Å². The summed E-state index contributed by atoms with van der Waals surface area (Å²) in [5.41, 5.74) is 0.864. The standard InChI is InChI=1S/C21H26N4O5/c1-4-30-21(28)25-11-9-24(10-12-25)19(26)14-23(2)20(27)17-13-18(29-3)15-7-5-6-8-16(15)22-17/h5-8,13H,4,9-12,14H2,1-3H3. The number of likely N-dealkylation sites (N-methyl/N-ethyl adjacent to an activating group) is 1. The SMILES string of the molecule is CCOC(=O)N1CCN(C(=O)CN(C)C(=O)c2cc(OC)c3ccccc3n2)CC1. The number of aromatic nitrogens is 1. The van der Waals surface area contributed by atoms with Crippen LogP contribution in [0.25, 0.3) is 10.9 Å². The van der Waals surface area contributed by atoms with Crippen LogP contribution in [0.2, 0.25) is 0 Å². The zero-order valence-electron chi connectivity index (χ0n) is 17.5. The third-order valence-electron chi connectivity index (χ3n) is 4.99. The first kappa shape index (κ1) is 21.4. The maximum atomic E-state index is 12.9. The minimum Gasteiger partial charge on any atom is -0.496 e. The summed E-state index contributed by atoms with van der Waals surface area (Å²) in [7, 11) is 3.11. The molecule has 0 atom stereocenters. The summed E-state index contributed by atoms with van der Waals surface area (Å²) in [6.07, 6.45) is -0.367. The largest absolute Gasteiger partial charge is 0.496 e. The summed E-state index contributed by atoms with van der Waals surface area (Å²) in [6, 6.07) is 8.98. The Morgan fingerprint density at radius 1 is 1.10 bits per heavy atom. The highest BCUT2D eigenvalue weighted by Crippen LogP contribution is 2.25. The van der Waals surface area contributed by atoms with Gasteiger partial charge in [0, 0.05) is 44.7 Å². The quantitative estimate of drug-likeness (QED) is 0.738. The Morgan fingerprint density at radius 2 is 1.77 bits per heavy atom. The topological polar surface area (TPSA) is 92.3 Å². The number of benzene rings is 1. The fraction of sp³-hybridized carbons (Fsp3) is 0.429. The van der Waals surface area contributed by atoms with Crippen molar-refractivity contribution in [2.45, 2.75) is 6.92 Å². The van der Waals surface area contributed by atoms with Crippen molar-refractivity contribution in [3.05, 3.63) is 36.0 Å². The molecule has 1 aliphatic heterocycles. The Morgan fingerprint density at radius 3 is 2.43 bits per heavy atom. The van der Waals surface area contributed by atoms with Gasteiger partial charge in [-0.3, -0.25) is 9.59 Å². The maximum Gasteiger partial charge on any atom is 0.409 e. The van der Waals surface area contributed by atoms with Gasteiger partial charge in [-0.25, -0.2) is 9.78 Å². The fourth-order valence-electron chi connectivity index (χ4n) is 3.35. The Bertz CT molecular complexity index is 940. The molecule has 0 N–H and O–H groups in total. The van der Waals surface area contributed by atoms with Gasteiger partial charge in [0.2, 0.25) is 5.91 Å². The van der Waals surface area contributed by atoms with E-state index in [0.29, 0.717) is 44.1 Å². The molecule has 1 aliphatic rings. The predicted octanol–water partition coefficient (Wildman–Crippen LogP) is 1.62. The molecule has 1 fully saturated rings. The summed E-state index contributed by atoms with van der Waals surface area (Å²) in [4.78, 5) is 46.2. The van der Waals surface area contributed by atoms with Crippen LogP contribution in [0.15, 0.2) is 30.3 Å². The number of carbonyl (C=O) groups is 3. The molecule has 160 valence electrons. The van der Waals surface area contributed by atoms with Crippen LogP contribution in [0.3, 0.4) is 0 Å². The zero-order valence-corrected chi connectivity index (χ0v) is 17.5. The molecule has 0 saturated carbocycles. The molecule has 0 radical (unpaired) electrons. The number of methoxy groups -OCH3 is 1. The van der Waals surface area contributed by atoms with Crippen molar-refractivity contribution in [1.29, 1.82) is 0 Å². The van der Waals surface area contributed by atoms with Crippen molar-refractivity contribution in [2.75, 3.05) is 53.5 Å². The van der Waals surface area contributed by atoms with E-state index in [0.717, 1.165) is 5.39 Å². The maximum absolute atomic E-state index is 12.9. The second-order valence-corrected chi connectivity index (χ2v) is 6.95. The van der Waals surface area contributed by atoms with Crippen LogP contribution in [-0.2, 0) is 9.53 Å². The first-order valence-electron chi connectivity index (χ1n) is 9.83. The number of piperazine rings is 1. The van der Waals surface area contributed by atoms with Gasteiger partial charge in [-0.15, -0.1) is 0 Å². The van der Waals surface area contributed by atoms with E-state index in [4.69, 9.17) is 9.47 Å². The number of amides is 3. The average molecular weight is 414 g/mol. The van der Waals surface area contributed by atoms with Gasteiger partial charge in [0.25, 0.3) is 5.91 Å². The summed E-state index contributed by atoms with van der Waals surface area (Å²) < 4.78 is 10.4. The number of hydrogen-bond donors (Lipinski definition) is 0. The van der Waals surface area contributed by atoms with E-state index in [-0.39, 0.29) is 30.1 Å². The van der Waals surface area contributed by atoms with E-state index >= 15 is 0 Å². The van der Waals surface area contributed by atoms with Crippen molar-refractivity contribution in [2.24, 2.45) is 0 Å². The molecule has 0 bridgehead atoms. The highest BCUT2D eigenvalue weighted by atomic mass is 16.6. The Balaban J connectivity index is 1.63. The highest BCUT2D eigenvalue weighted by Gasteiger charge is 2.26. The van der Waals surface area contributed by atoms with Crippen LogP contribution in [0.4, 0.5) is 4.79 Å². The molecule has 0 aliphatic carbocycles. The molecule has 2 aromatic rings. The van der Waals surface area contributed by atoms with Gasteiger partial charge in [0.1, 0.15) is 11.4 Å². The van der Waals surface area contributed by atoms with Gasteiger partial charge in [-0.2, -0.15) is 0 Å². The number of hydrogen-bond acceptors (Lipinski definition) is 6. The summed E-state index contributed by atoms with van der Waals surface area (Å²) in [5.74, 6) is 0.0124. The van der Waals surface area contributed by atoms with Gasteiger partial charge in [-0.1, -0.05) is 12.1 Å². The number of nitrogens with zero attached hydrogens (tertiary/aromatic N) is 4. The van der Waals surface area contributed by atoms with Crippen LogP contribution in [0.1, 0.15) is 17.4 Å². The lowest BCUT2D eigenvalue weighted by Gasteiger charge is -2.34. The van der Waals surface area contributed by atoms with Crippen molar-refractivity contribution in [3.63, 3.8) is 0 Å². The fourth-order valence-corrected chi connectivity index (χ4v) is 3.35. The number of pyridine rings is 1. The predicted molar refractivity (Wildman–Crippen MR) is 110 cm³/mol. The first-order chi connectivity index (χ1) is 14.4. The molecule has 0 spiro atoms. The van der Waals surface area contributed by atoms with Crippen molar-refractivity contribution in [3.8, 4) is 5.75 Å². The number of para-hydroxylation sites is 1. The normalized spacial score (nSPS) is 13.8. The van der Waals surface area contributed by atoms with E-state index in [9.17, 15) is 14.4 Å². The molecule has 30 heavy (non-hydrogen) atoms. The van der Waals surface area contributed by atoms with Gasteiger partial charge in [0.15, 0.2) is 0 Å². The molecule has 0 unspecified atom stereocenters. The molecule has 3 amide bonds. The van der Waals surface area contributed by atoms with Gasteiger partial charge in [0.05, 0.1) is 25.8 Å². The lowest BCUT2D eigenvalue weighted by atomic mass is 10.1. The van der Waals surface area contributed by atoms with E-state index in [1.165, 1.54) is 4.90 Å². The summed E-state index contributed by atoms with van der Waals surface area (Å²) >= 11 is 0. The van der Waals surface area contributed by atoms with Crippen LogP contribution in [0, 0.1) is 0 Å². The van der Waals surface area contributed by atoms with E-state index in [1.54, 1.807) is 36.9 Å².